The predicted molar refractivity (Wildman–Crippen MR) is 99.3 cm³/mol. The summed E-state index contributed by atoms with van der Waals surface area (Å²) in [6.45, 7) is 3.13. The molecule has 0 heterocycles. The van der Waals surface area contributed by atoms with Gasteiger partial charge in [0, 0.05) is 17.3 Å². The van der Waals surface area contributed by atoms with E-state index in [0.29, 0.717) is 29.8 Å². The summed E-state index contributed by atoms with van der Waals surface area (Å²) in [7, 11) is 0. The SMILES string of the molecule is CCNC(=NCc1ccc(Cl)cc1)NCC(=O)Nc1ccc(F)cc1. The van der Waals surface area contributed by atoms with E-state index in [2.05, 4.69) is 20.9 Å². The molecule has 0 atom stereocenters. The quantitative estimate of drug-likeness (QED) is 0.546. The van der Waals surface area contributed by atoms with E-state index in [9.17, 15) is 9.18 Å². The highest BCUT2D eigenvalue weighted by Crippen LogP contribution is 2.10. The fourth-order valence-corrected chi connectivity index (χ4v) is 2.13. The van der Waals surface area contributed by atoms with Gasteiger partial charge in [0.1, 0.15) is 5.82 Å². The maximum Gasteiger partial charge on any atom is 0.243 e. The average Bonchev–Trinajstić information content (AvgIpc) is 2.61. The van der Waals surface area contributed by atoms with Crippen molar-refractivity contribution in [3.8, 4) is 0 Å². The topological polar surface area (TPSA) is 65.5 Å². The first-order valence-corrected chi connectivity index (χ1v) is 8.26. The lowest BCUT2D eigenvalue weighted by Gasteiger charge is -2.11. The Hall–Kier alpha value is -2.60. The van der Waals surface area contributed by atoms with Crippen LogP contribution in [-0.2, 0) is 11.3 Å². The number of amides is 1. The van der Waals surface area contributed by atoms with Crippen LogP contribution in [0.4, 0.5) is 10.1 Å². The fraction of sp³-hybridized carbons (Fsp3) is 0.222. The standard InChI is InChI=1S/C18H20ClFN4O/c1-2-21-18(22-11-13-3-5-14(19)6-4-13)23-12-17(25)24-16-9-7-15(20)8-10-16/h3-10H,2,11-12H2,1H3,(H,24,25)(H2,21,22,23). The molecule has 2 rings (SSSR count). The fourth-order valence-electron chi connectivity index (χ4n) is 2.00. The number of carbonyl (C=O) groups excluding carboxylic acids is 1. The number of hydrogen-bond acceptors (Lipinski definition) is 2. The lowest BCUT2D eigenvalue weighted by Crippen LogP contribution is -2.41. The van der Waals surface area contributed by atoms with Crippen molar-refractivity contribution >= 4 is 29.2 Å². The first-order chi connectivity index (χ1) is 12.1. The van der Waals surface area contributed by atoms with Crippen LogP contribution < -0.4 is 16.0 Å². The molecule has 1 amide bonds. The van der Waals surface area contributed by atoms with Gasteiger partial charge in [-0.25, -0.2) is 9.38 Å². The molecular weight excluding hydrogens is 343 g/mol. The molecule has 0 saturated heterocycles. The number of halogens is 2. The maximum atomic E-state index is 12.9. The van der Waals surface area contributed by atoms with Crippen molar-refractivity contribution in [1.82, 2.24) is 10.6 Å². The first-order valence-electron chi connectivity index (χ1n) is 7.89. The monoisotopic (exact) mass is 362 g/mol. The number of nitrogens with one attached hydrogen (secondary N) is 3. The highest BCUT2D eigenvalue weighted by Gasteiger charge is 2.04. The van der Waals surface area contributed by atoms with Crippen molar-refractivity contribution in [2.24, 2.45) is 4.99 Å². The van der Waals surface area contributed by atoms with Crippen LogP contribution >= 0.6 is 11.6 Å². The second-order valence-corrected chi connectivity index (χ2v) is 5.67. The molecule has 3 N–H and O–H groups in total. The van der Waals surface area contributed by atoms with Crippen molar-refractivity contribution in [2.45, 2.75) is 13.5 Å². The molecule has 0 aliphatic rings. The number of aliphatic imine (C=N–C) groups is 1. The van der Waals surface area contributed by atoms with E-state index in [1.807, 2.05) is 31.2 Å². The molecular formula is C18H20ClFN4O. The van der Waals surface area contributed by atoms with Gasteiger partial charge >= 0.3 is 0 Å². The van der Waals surface area contributed by atoms with E-state index >= 15 is 0 Å². The normalized spacial score (nSPS) is 11.1. The summed E-state index contributed by atoms with van der Waals surface area (Å²) in [6, 6.07) is 13.0. The highest BCUT2D eigenvalue weighted by molar-refractivity contribution is 6.30. The van der Waals surface area contributed by atoms with E-state index in [4.69, 9.17) is 11.6 Å². The molecule has 0 bridgehead atoms. The van der Waals surface area contributed by atoms with Crippen molar-refractivity contribution in [3.05, 3.63) is 64.9 Å². The van der Waals surface area contributed by atoms with Crippen molar-refractivity contribution in [3.63, 3.8) is 0 Å². The summed E-state index contributed by atoms with van der Waals surface area (Å²) in [4.78, 5) is 16.4. The Morgan fingerprint density at radius 3 is 2.40 bits per heavy atom. The molecule has 7 heteroatoms. The second kappa shape index (κ2) is 9.64. The number of nitrogens with zero attached hydrogens (tertiary/aromatic N) is 1. The lowest BCUT2D eigenvalue weighted by molar-refractivity contribution is -0.115. The maximum absolute atomic E-state index is 12.9. The first kappa shape index (κ1) is 18.7. The van der Waals surface area contributed by atoms with E-state index in [1.165, 1.54) is 24.3 Å². The molecule has 5 nitrogen and oxygen atoms in total. The molecule has 25 heavy (non-hydrogen) atoms. The molecule has 0 saturated carbocycles. The predicted octanol–water partition coefficient (Wildman–Crippen LogP) is 3.17. The van der Waals surface area contributed by atoms with Crippen molar-refractivity contribution in [1.29, 1.82) is 0 Å². The van der Waals surface area contributed by atoms with Crippen LogP contribution in [0.25, 0.3) is 0 Å². The number of hydrogen-bond donors (Lipinski definition) is 3. The van der Waals surface area contributed by atoms with E-state index in [1.54, 1.807) is 0 Å². The summed E-state index contributed by atoms with van der Waals surface area (Å²) in [5.74, 6) is -0.0599. The van der Waals surface area contributed by atoms with Crippen LogP contribution in [0.2, 0.25) is 5.02 Å². The minimum atomic E-state index is -0.347. The molecule has 132 valence electrons. The zero-order valence-electron chi connectivity index (χ0n) is 13.9. The van der Waals surface area contributed by atoms with Crippen LogP contribution in [0.1, 0.15) is 12.5 Å². The van der Waals surface area contributed by atoms with Crippen molar-refractivity contribution < 1.29 is 9.18 Å². The summed E-state index contributed by atoms with van der Waals surface area (Å²) in [6.07, 6.45) is 0. The number of carbonyl (C=O) groups is 1. The molecule has 0 aliphatic carbocycles. The third-order valence-electron chi connectivity index (χ3n) is 3.22. The van der Waals surface area contributed by atoms with Gasteiger partial charge in [0.25, 0.3) is 0 Å². The number of benzene rings is 2. The summed E-state index contributed by atoms with van der Waals surface area (Å²) in [5, 5.41) is 9.39. The minimum Gasteiger partial charge on any atom is -0.357 e. The Labute approximate surface area is 151 Å². The van der Waals surface area contributed by atoms with Gasteiger partial charge in [-0.1, -0.05) is 23.7 Å². The third-order valence-corrected chi connectivity index (χ3v) is 3.47. The van der Waals surface area contributed by atoms with E-state index in [-0.39, 0.29) is 18.3 Å². The van der Waals surface area contributed by atoms with Gasteiger partial charge in [0.15, 0.2) is 5.96 Å². The van der Waals surface area contributed by atoms with Crippen LogP contribution in [-0.4, -0.2) is 25.0 Å². The highest BCUT2D eigenvalue weighted by atomic mass is 35.5. The zero-order valence-corrected chi connectivity index (χ0v) is 14.6. The Balaban J connectivity index is 1.87. The molecule has 0 aromatic heterocycles. The summed E-state index contributed by atoms with van der Waals surface area (Å²) in [5.41, 5.74) is 1.55. The van der Waals surface area contributed by atoms with Crippen LogP contribution in [0.3, 0.4) is 0 Å². The Morgan fingerprint density at radius 1 is 1.08 bits per heavy atom. The van der Waals surface area contributed by atoms with Crippen LogP contribution in [0.15, 0.2) is 53.5 Å². The van der Waals surface area contributed by atoms with Gasteiger partial charge in [-0.2, -0.15) is 0 Å². The lowest BCUT2D eigenvalue weighted by atomic mass is 10.2. The van der Waals surface area contributed by atoms with Crippen LogP contribution in [0, 0.1) is 5.82 Å². The van der Waals surface area contributed by atoms with Gasteiger partial charge in [0.05, 0.1) is 13.1 Å². The number of rotatable bonds is 6. The molecule has 0 unspecified atom stereocenters. The number of anilines is 1. The molecule has 2 aromatic rings. The van der Waals surface area contributed by atoms with E-state index < -0.39 is 0 Å². The molecule has 0 fully saturated rings. The van der Waals surface area contributed by atoms with E-state index in [0.717, 1.165) is 5.56 Å². The summed E-state index contributed by atoms with van der Waals surface area (Å²) < 4.78 is 12.9. The Bertz CT molecular complexity index is 717. The average molecular weight is 363 g/mol. The molecule has 0 aliphatic heterocycles. The zero-order chi connectivity index (χ0) is 18.1. The third kappa shape index (κ3) is 6.81. The molecule has 2 aromatic carbocycles. The van der Waals surface area contributed by atoms with Crippen LogP contribution in [0.5, 0.6) is 0 Å². The molecule has 0 spiro atoms. The largest absolute Gasteiger partial charge is 0.357 e. The number of guanidine groups is 1. The van der Waals surface area contributed by atoms with Gasteiger partial charge < -0.3 is 16.0 Å². The van der Waals surface area contributed by atoms with Gasteiger partial charge in [-0.15, -0.1) is 0 Å². The van der Waals surface area contributed by atoms with Gasteiger partial charge in [0.2, 0.25) is 5.91 Å². The van der Waals surface area contributed by atoms with Gasteiger partial charge in [-0.05, 0) is 48.9 Å². The van der Waals surface area contributed by atoms with Crippen molar-refractivity contribution in [2.75, 3.05) is 18.4 Å². The summed E-state index contributed by atoms with van der Waals surface area (Å²) >= 11 is 5.86. The smallest absolute Gasteiger partial charge is 0.243 e. The second-order valence-electron chi connectivity index (χ2n) is 5.23. The Kier molecular flexibility index (Phi) is 7.22. The van der Waals surface area contributed by atoms with Gasteiger partial charge in [-0.3, -0.25) is 4.79 Å². The minimum absolute atomic E-state index is 0.0455. The molecule has 0 radical (unpaired) electrons. The Morgan fingerprint density at radius 2 is 1.76 bits per heavy atom.